The molecule has 3 rings (SSSR count). The third-order valence-corrected chi connectivity index (χ3v) is 4.60. The van der Waals surface area contributed by atoms with Crippen molar-refractivity contribution in [2.45, 2.75) is 39.8 Å². The van der Waals surface area contributed by atoms with Crippen LogP contribution in [0.4, 0.5) is 0 Å². The Morgan fingerprint density at radius 1 is 1.32 bits per heavy atom. The van der Waals surface area contributed by atoms with E-state index in [1.165, 1.54) is 12.5 Å². The van der Waals surface area contributed by atoms with Crippen LogP contribution in [0.1, 0.15) is 45.9 Å². The van der Waals surface area contributed by atoms with Crippen LogP contribution >= 0.6 is 0 Å². The van der Waals surface area contributed by atoms with E-state index >= 15 is 0 Å². The molecule has 6 heteroatoms. The Balaban J connectivity index is 1.63. The molecular formula is C19H23N3O3. The van der Waals surface area contributed by atoms with Gasteiger partial charge >= 0.3 is 0 Å². The molecule has 0 saturated heterocycles. The lowest BCUT2D eigenvalue weighted by Crippen LogP contribution is -2.34. The van der Waals surface area contributed by atoms with Gasteiger partial charge in [0.15, 0.2) is 5.78 Å². The topological polar surface area (TPSA) is 73.2 Å². The van der Waals surface area contributed by atoms with E-state index in [0.717, 1.165) is 17.7 Å². The molecule has 0 fully saturated rings. The Hall–Kier alpha value is -2.47. The molecule has 1 aromatic carbocycles. The van der Waals surface area contributed by atoms with Gasteiger partial charge in [0, 0.05) is 12.2 Å². The van der Waals surface area contributed by atoms with Crippen molar-refractivity contribution in [3.05, 3.63) is 52.3 Å². The minimum Gasteiger partial charge on any atom is -0.371 e. The summed E-state index contributed by atoms with van der Waals surface area (Å²) in [5, 5.41) is 7.22. The monoisotopic (exact) mass is 341 g/mol. The SMILES string of the molecule is CC(=O)c1c(C)nn(CC(=O)NCC2OCCc3ccccc32)c1C. The summed E-state index contributed by atoms with van der Waals surface area (Å²) >= 11 is 0. The highest BCUT2D eigenvalue weighted by Crippen LogP contribution is 2.26. The number of benzene rings is 1. The molecule has 2 heterocycles. The maximum absolute atomic E-state index is 12.3. The molecule has 0 spiro atoms. The predicted molar refractivity (Wildman–Crippen MR) is 93.6 cm³/mol. The van der Waals surface area contributed by atoms with Gasteiger partial charge in [0.2, 0.25) is 5.91 Å². The molecule has 0 radical (unpaired) electrons. The van der Waals surface area contributed by atoms with Crippen molar-refractivity contribution in [2.75, 3.05) is 13.2 Å². The quantitative estimate of drug-likeness (QED) is 0.846. The highest BCUT2D eigenvalue weighted by atomic mass is 16.5. The van der Waals surface area contributed by atoms with E-state index in [1.54, 1.807) is 11.6 Å². The molecule has 0 bridgehead atoms. The number of fused-ring (bicyclic) bond motifs is 1. The molecule has 1 aliphatic heterocycles. The molecule has 6 nitrogen and oxygen atoms in total. The lowest BCUT2D eigenvalue weighted by Gasteiger charge is -2.26. The van der Waals surface area contributed by atoms with Gasteiger partial charge in [-0.05, 0) is 38.3 Å². The molecule has 2 aromatic rings. The van der Waals surface area contributed by atoms with E-state index in [-0.39, 0.29) is 24.3 Å². The summed E-state index contributed by atoms with van der Waals surface area (Å²) in [6.45, 7) is 6.29. The van der Waals surface area contributed by atoms with Gasteiger partial charge in [0.05, 0.1) is 17.9 Å². The number of Topliss-reactive ketones (excluding diaryl/α,β-unsaturated/α-hetero) is 1. The van der Waals surface area contributed by atoms with Crippen molar-refractivity contribution in [2.24, 2.45) is 0 Å². The van der Waals surface area contributed by atoms with E-state index in [4.69, 9.17) is 4.74 Å². The number of rotatable bonds is 5. The van der Waals surface area contributed by atoms with Gasteiger partial charge in [-0.3, -0.25) is 14.3 Å². The van der Waals surface area contributed by atoms with Gasteiger partial charge in [-0.1, -0.05) is 24.3 Å². The Kier molecular flexibility index (Phi) is 4.99. The molecular weight excluding hydrogens is 318 g/mol. The molecule has 0 saturated carbocycles. The van der Waals surface area contributed by atoms with Crippen molar-refractivity contribution in [1.82, 2.24) is 15.1 Å². The minimum absolute atomic E-state index is 0.0335. The Morgan fingerprint density at radius 3 is 2.80 bits per heavy atom. The van der Waals surface area contributed by atoms with Gasteiger partial charge in [-0.15, -0.1) is 0 Å². The standard InChI is InChI=1S/C19H23N3O3/c1-12-19(14(3)23)13(2)22(21-12)11-18(24)20-10-17-16-7-5-4-6-15(16)8-9-25-17/h4-7,17H,8-11H2,1-3H3,(H,20,24). The van der Waals surface area contributed by atoms with Gasteiger partial charge in [0.1, 0.15) is 12.6 Å². The average molecular weight is 341 g/mol. The molecule has 132 valence electrons. The second kappa shape index (κ2) is 7.19. The maximum Gasteiger partial charge on any atom is 0.241 e. The van der Waals surface area contributed by atoms with E-state index in [0.29, 0.717) is 24.4 Å². The first kappa shape index (κ1) is 17.4. The maximum atomic E-state index is 12.3. The number of aromatic nitrogens is 2. The number of carbonyl (C=O) groups excluding carboxylic acids is 2. The van der Waals surface area contributed by atoms with E-state index in [2.05, 4.69) is 16.5 Å². The summed E-state index contributed by atoms with van der Waals surface area (Å²) in [7, 11) is 0. The Bertz CT molecular complexity index is 810. The lowest BCUT2D eigenvalue weighted by atomic mass is 9.97. The third-order valence-electron chi connectivity index (χ3n) is 4.60. The highest BCUT2D eigenvalue weighted by molar-refractivity contribution is 5.96. The summed E-state index contributed by atoms with van der Waals surface area (Å²) in [4.78, 5) is 24.0. The fourth-order valence-electron chi connectivity index (χ4n) is 3.40. The second-order valence-electron chi connectivity index (χ2n) is 6.37. The fourth-order valence-corrected chi connectivity index (χ4v) is 3.40. The van der Waals surface area contributed by atoms with Crippen LogP contribution < -0.4 is 5.32 Å². The van der Waals surface area contributed by atoms with Gasteiger partial charge < -0.3 is 10.1 Å². The summed E-state index contributed by atoms with van der Waals surface area (Å²) < 4.78 is 7.38. The fraction of sp³-hybridized carbons (Fsp3) is 0.421. The third kappa shape index (κ3) is 3.64. The largest absolute Gasteiger partial charge is 0.371 e. The van der Waals surface area contributed by atoms with Gasteiger partial charge in [0.25, 0.3) is 0 Å². The lowest BCUT2D eigenvalue weighted by molar-refractivity contribution is -0.122. The number of nitrogens with one attached hydrogen (secondary N) is 1. The number of hydrogen-bond acceptors (Lipinski definition) is 4. The van der Waals surface area contributed by atoms with Crippen LogP contribution in [-0.2, 0) is 22.5 Å². The normalized spacial score (nSPS) is 16.4. The molecule has 1 aliphatic rings. The zero-order valence-electron chi connectivity index (χ0n) is 14.8. The summed E-state index contributed by atoms with van der Waals surface area (Å²) in [6.07, 6.45) is 0.780. The zero-order valence-corrected chi connectivity index (χ0v) is 14.8. The van der Waals surface area contributed by atoms with Crippen LogP contribution in [-0.4, -0.2) is 34.6 Å². The van der Waals surface area contributed by atoms with E-state index < -0.39 is 0 Å². The first-order valence-corrected chi connectivity index (χ1v) is 8.48. The summed E-state index contributed by atoms with van der Waals surface area (Å²) in [5.74, 6) is -0.179. The van der Waals surface area contributed by atoms with Crippen LogP contribution in [0, 0.1) is 13.8 Å². The van der Waals surface area contributed by atoms with Crippen molar-refractivity contribution in [1.29, 1.82) is 0 Å². The predicted octanol–water partition coefficient (Wildman–Crippen LogP) is 2.13. The highest BCUT2D eigenvalue weighted by Gasteiger charge is 2.21. The summed E-state index contributed by atoms with van der Waals surface area (Å²) in [6, 6.07) is 8.16. The van der Waals surface area contributed by atoms with Crippen LogP contribution in [0.3, 0.4) is 0 Å². The molecule has 1 N–H and O–H groups in total. The molecule has 1 amide bonds. The smallest absolute Gasteiger partial charge is 0.241 e. The summed E-state index contributed by atoms with van der Waals surface area (Å²) in [5.41, 5.74) is 4.38. The first-order valence-electron chi connectivity index (χ1n) is 8.48. The number of nitrogens with zero attached hydrogens (tertiary/aromatic N) is 2. The minimum atomic E-state index is -0.146. The van der Waals surface area contributed by atoms with Crippen LogP contribution in [0.5, 0.6) is 0 Å². The molecule has 0 aliphatic carbocycles. The van der Waals surface area contributed by atoms with Crippen molar-refractivity contribution in [3.63, 3.8) is 0 Å². The Morgan fingerprint density at radius 2 is 2.08 bits per heavy atom. The molecule has 1 atom stereocenters. The molecule has 1 unspecified atom stereocenters. The second-order valence-corrected chi connectivity index (χ2v) is 6.37. The van der Waals surface area contributed by atoms with Crippen LogP contribution in [0.25, 0.3) is 0 Å². The van der Waals surface area contributed by atoms with Crippen molar-refractivity contribution >= 4 is 11.7 Å². The number of aryl methyl sites for hydroxylation is 1. The zero-order chi connectivity index (χ0) is 18.0. The van der Waals surface area contributed by atoms with Crippen molar-refractivity contribution in [3.8, 4) is 0 Å². The Labute approximate surface area is 147 Å². The average Bonchev–Trinajstić information content (AvgIpc) is 2.86. The van der Waals surface area contributed by atoms with Crippen molar-refractivity contribution < 1.29 is 14.3 Å². The molecule has 25 heavy (non-hydrogen) atoms. The van der Waals surface area contributed by atoms with Crippen LogP contribution in [0.15, 0.2) is 24.3 Å². The van der Waals surface area contributed by atoms with Gasteiger partial charge in [-0.2, -0.15) is 5.10 Å². The van der Waals surface area contributed by atoms with Gasteiger partial charge in [-0.25, -0.2) is 0 Å². The number of amides is 1. The first-order chi connectivity index (χ1) is 12.0. The molecule has 1 aromatic heterocycles. The number of ketones is 1. The number of carbonyl (C=O) groups is 2. The van der Waals surface area contributed by atoms with E-state index in [9.17, 15) is 9.59 Å². The number of ether oxygens (including phenoxy) is 1. The van der Waals surface area contributed by atoms with E-state index in [1.807, 2.05) is 25.1 Å². The van der Waals surface area contributed by atoms with Crippen LogP contribution in [0.2, 0.25) is 0 Å². The number of hydrogen-bond donors (Lipinski definition) is 1.